The van der Waals surface area contributed by atoms with E-state index in [2.05, 4.69) is 10.3 Å². The van der Waals surface area contributed by atoms with Crippen LogP contribution in [0.4, 0.5) is 0 Å². The number of nitrogens with one attached hydrogen (secondary N) is 1. The summed E-state index contributed by atoms with van der Waals surface area (Å²) in [5.41, 5.74) is 0. The second-order valence-corrected chi connectivity index (χ2v) is 5.02. The van der Waals surface area contributed by atoms with Crippen LogP contribution in [-0.2, 0) is 0 Å². The summed E-state index contributed by atoms with van der Waals surface area (Å²) in [5.74, 6) is 0.670. The van der Waals surface area contributed by atoms with Gasteiger partial charge >= 0.3 is 0 Å². The zero-order valence-electron chi connectivity index (χ0n) is 10.0. The third kappa shape index (κ3) is 2.42. The molecule has 0 bridgehead atoms. The molecule has 1 aliphatic rings. The summed E-state index contributed by atoms with van der Waals surface area (Å²) < 4.78 is 5.83. The van der Waals surface area contributed by atoms with Crippen LogP contribution >= 0.6 is 11.6 Å². The van der Waals surface area contributed by atoms with Gasteiger partial charge in [-0.25, -0.2) is 4.98 Å². The van der Waals surface area contributed by atoms with Gasteiger partial charge in [-0.05, 0) is 43.0 Å². The van der Waals surface area contributed by atoms with Crippen molar-refractivity contribution in [2.75, 3.05) is 13.2 Å². The van der Waals surface area contributed by atoms with Gasteiger partial charge in [0.25, 0.3) is 0 Å². The lowest BCUT2D eigenvalue weighted by atomic mass is 10.2. The van der Waals surface area contributed by atoms with E-state index >= 15 is 0 Å². The van der Waals surface area contributed by atoms with E-state index in [-0.39, 0.29) is 0 Å². The van der Waals surface area contributed by atoms with Crippen LogP contribution in [0.1, 0.15) is 12.8 Å². The first-order valence-electron chi connectivity index (χ1n) is 6.23. The van der Waals surface area contributed by atoms with Crippen LogP contribution in [0.25, 0.3) is 10.8 Å². The number of hydrogen-bond donors (Lipinski definition) is 1. The van der Waals surface area contributed by atoms with Crippen molar-refractivity contribution in [1.29, 1.82) is 0 Å². The lowest BCUT2D eigenvalue weighted by molar-refractivity contribution is 0.271. The molecule has 94 valence electrons. The lowest BCUT2D eigenvalue weighted by Gasteiger charge is -2.12. The first-order chi connectivity index (χ1) is 8.83. The quantitative estimate of drug-likeness (QED) is 0.923. The number of pyridine rings is 1. The van der Waals surface area contributed by atoms with Gasteiger partial charge in [0.05, 0.1) is 0 Å². The van der Waals surface area contributed by atoms with E-state index in [9.17, 15) is 0 Å². The molecule has 1 unspecified atom stereocenters. The zero-order chi connectivity index (χ0) is 12.4. The topological polar surface area (TPSA) is 34.1 Å². The highest BCUT2D eigenvalue weighted by atomic mass is 35.5. The summed E-state index contributed by atoms with van der Waals surface area (Å²) in [7, 11) is 0. The minimum Gasteiger partial charge on any atom is -0.476 e. The van der Waals surface area contributed by atoms with Crippen LogP contribution in [0.5, 0.6) is 5.88 Å². The van der Waals surface area contributed by atoms with E-state index in [1.54, 1.807) is 6.20 Å². The Labute approximate surface area is 111 Å². The van der Waals surface area contributed by atoms with Crippen LogP contribution in [0.3, 0.4) is 0 Å². The van der Waals surface area contributed by atoms with Gasteiger partial charge in [0, 0.05) is 22.6 Å². The minimum absolute atomic E-state index is 0.446. The summed E-state index contributed by atoms with van der Waals surface area (Å²) in [6.45, 7) is 1.75. The number of fused-ring (bicyclic) bond motifs is 1. The number of aromatic nitrogens is 1. The molecule has 0 amide bonds. The predicted molar refractivity (Wildman–Crippen MR) is 73.3 cm³/mol. The molecule has 2 heterocycles. The molecule has 1 fully saturated rings. The van der Waals surface area contributed by atoms with Gasteiger partial charge in [-0.1, -0.05) is 17.7 Å². The van der Waals surface area contributed by atoms with Crippen LogP contribution in [0, 0.1) is 0 Å². The van der Waals surface area contributed by atoms with Gasteiger partial charge in [-0.15, -0.1) is 0 Å². The number of hydrogen-bond acceptors (Lipinski definition) is 3. The number of halogens is 1. The molecule has 3 nitrogen and oxygen atoms in total. The highest BCUT2D eigenvalue weighted by Crippen LogP contribution is 2.26. The summed E-state index contributed by atoms with van der Waals surface area (Å²) in [4.78, 5) is 4.30. The molecule has 0 radical (unpaired) electrons. The minimum atomic E-state index is 0.446. The average molecular weight is 263 g/mol. The van der Waals surface area contributed by atoms with Crippen molar-refractivity contribution in [3.05, 3.63) is 35.5 Å². The van der Waals surface area contributed by atoms with Crippen molar-refractivity contribution in [1.82, 2.24) is 10.3 Å². The van der Waals surface area contributed by atoms with Crippen LogP contribution in [0.15, 0.2) is 30.5 Å². The second-order valence-electron chi connectivity index (χ2n) is 4.59. The maximum Gasteiger partial charge on any atom is 0.221 e. The molecule has 0 saturated carbocycles. The summed E-state index contributed by atoms with van der Waals surface area (Å²) in [5, 5.41) is 6.19. The van der Waals surface area contributed by atoms with Crippen molar-refractivity contribution < 1.29 is 4.74 Å². The van der Waals surface area contributed by atoms with E-state index in [0.717, 1.165) is 17.3 Å². The van der Waals surface area contributed by atoms with Crippen molar-refractivity contribution in [2.24, 2.45) is 0 Å². The average Bonchev–Trinajstić information content (AvgIpc) is 2.89. The molecule has 3 rings (SSSR count). The van der Waals surface area contributed by atoms with Gasteiger partial charge < -0.3 is 10.1 Å². The van der Waals surface area contributed by atoms with E-state index in [1.165, 1.54) is 12.8 Å². The Morgan fingerprint density at radius 2 is 2.33 bits per heavy atom. The van der Waals surface area contributed by atoms with Crippen LogP contribution in [-0.4, -0.2) is 24.2 Å². The van der Waals surface area contributed by atoms with Crippen LogP contribution < -0.4 is 10.1 Å². The molecule has 1 aliphatic heterocycles. The third-order valence-corrected chi connectivity index (χ3v) is 3.51. The summed E-state index contributed by atoms with van der Waals surface area (Å²) >= 11 is 6.02. The first-order valence-corrected chi connectivity index (χ1v) is 6.61. The van der Waals surface area contributed by atoms with Crippen molar-refractivity contribution in [2.45, 2.75) is 18.9 Å². The molecule has 2 aromatic rings. The Kier molecular flexibility index (Phi) is 3.35. The van der Waals surface area contributed by atoms with Gasteiger partial charge in [0.15, 0.2) is 0 Å². The standard InChI is InChI=1S/C14H15ClN2O/c15-11-4-3-10-5-7-17-14(13(10)8-11)18-9-12-2-1-6-16-12/h3-5,7-8,12,16H,1-2,6,9H2. The van der Waals surface area contributed by atoms with Gasteiger partial charge in [0.1, 0.15) is 6.61 Å². The largest absolute Gasteiger partial charge is 0.476 e. The smallest absolute Gasteiger partial charge is 0.221 e. The van der Waals surface area contributed by atoms with E-state index in [0.29, 0.717) is 23.6 Å². The fourth-order valence-electron chi connectivity index (χ4n) is 2.31. The lowest BCUT2D eigenvalue weighted by Crippen LogP contribution is -2.28. The fraction of sp³-hybridized carbons (Fsp3) is 0.357. The highest BCUT2D eigenvalue weighted by Gasteiger charge is 2.15. The zero-order valence-corrected chi connectivity index (χ0v) is 10.8. The Hall–Kier alpha value is -1.32. The van der Waals surface area contributed by atoms with E-state index in [1.807, 2.05) is 24.3 Å². The third-order valence-electron chi connectivity index (χ3n) is 3.28. The van der Waals surface area contributed by atoms with Crippen LogP contribution in [0.2, 0.25) is 5.02 Å². The van der Waals surface area contributed by atoms with Gasteiger partial charge in [0.2, 0.25) is 5.88 Å². The maximum atomic E-state index is 6.02. The molecule has 1 N–H and O–H groups in total. The second kappa shape index (κ2) is 5.12. The number of benzene rings is 1. The molecule has 1 aromatic heterocycles. The Balaban J connectivity index is 1.84. The molecule has 1 aromatic carbocycles. The number of nitrogens with zero attached hydrogens (tertiary/aromatic N) is 1. The molecule has 18 heavy (non-hydrogen) atoms. The maximum absolute atomic E-state index is 6.02. The Morgan fingerprint density at radius 3 is 3.17 bits per heavy atom. The van der Waals surface area contributed by atoms with Gasteiger partial charge in [-0.2, -0.15) is 0 Å². The monoisotopic (exact) mass is 262 g/mol. The summed E-state index contributed by atoms with van der Waals surface area (Å²) in [6, 6.07) is 8.18. The molecular weight excluding hydrogens is 248 g/mol. The van der Waals surface area contributed by atoms with Crippen molar-refractivity contribution >= 4 is 22.4 Å². The Bertz CT molecular complexity index is 552. The van der Waals surface area contributed by atoms with Crippen molar-refractivity contribution in [3.8, 4) is 5.88 Å². The fourth-order valence-corrected chi connectivity index (χ4v) is 2.48. The molecule has 1 saturated heterocycles. The van der Waals surface area contributed by atoms with Gasteiger partial charge in [-0.3, -0.25) is 0 Å². The number of ether oxygens (including phenoxy) is 1. The molecular formula is C14H15ClN2O. The highest BCUT2D eigenvalue weighted by molar-refractivity contribution is 6.31. The van der Waals surface area contributed by atoms with E-state index < -0.39 is 0 Å². The molecule has 1 atom stereocenters. The predicted octanol–water partition coefficient (Wildman–Crippen LogP) is 3.02. The van der Waals surface area contributed by atoms with Crippen molar-refractivity contribution in [3.63, 3.8) is 0 Å². The summed E-state index contributed by atoms with van der Waals surface area (Å²) in [6.07, 6.45) is 4.17. The number of rotatable bonds is 3. The normalized spacial score (nSPS) is 19.3. The Morgan fingerprint density at radius 1 is 1.39 bits per heavy atom. The molecule has 0 aliphatic carbocycles. The molecule has 0 spiro atoms. The first kappa shape index (κ1) is 11.8. The SMILES string of the molecule is Clc1ccc2ccnc(OCC3CCCN3)c2c1. The molecule has 4 heteroatoms. The van der Waals surface area contributed by atoms with E-state index in [4.69, 9.17) is 16.3 Å².